The third kappa shape index (κ3) is 5.31. The Bertz CT molecular complexity index is 775. The third-order valence-corrected chi connectivity index (χ3v) is 4.96. The van der Waals surface area contributed by atoms with E-state index in [1.165, 1.54) is 0 Å². The first-order chi connectivity index (χ1) is 12.6. The van der Waals surface area contributed by atoms with Crippen LogP contribution in [-0.4, -0.2) is 35.0 Å². The molecule has 0 N–H and O–H groups in total. The molecule has 2 aromatic rings. The van der Waals surface area contributed by atoms with Crippen LogP contribution in [-0.2, 0) is 16.1 Å². The van der Waals surface area contributed by atoms with Gasteiger partial charge in [0, 0.05) is 38.2 Å². The molecule has 1 unspecified atom stereocenters. The van der Waals surface area contributed by atoms with Gasteiger partial charge in [-0.3, -0.25) is 9.78 Å². The van der Waals surface area contributed by atoms with Crippen molar-refractivity contribution < 1.29 is 9.53 Å². The van der Waals surface area contributed by atoms with E-state index in [0.717, 1.165) is 30.6 Å². The molecule has 2 heterocycles. The molecule has 1 atom stereocenters. The minimum Gasteiger partial charge on any atom is -0.376 e. The van der Waals surface area contributed by atoms with Crippen molar-refractivity contribution in [2.75, 3.05) is 13.2 Å². The zero-order valence-corrected chi connectivity index (χ0v) is 15.8. The lowest BCUT2D eigenvalue weighted by atomic mass is 10.2. The van der Waals surface area contributed by atoms with Gasteiger partial charge >= 0.3 is 0 Å². The number of halogens is 2. The number of nitrogens with zero attached hydrogens (tertiary/aromatic N) is 2. The standard InChI is InChI=1S/C20H20Cl2N2O2/c21-18-7-5-15(11-19(18)22)6-8-20(25)24(14-17-4-2-10-26-17)13-16-3-1-9-23-12-16/h1,3,5-9,11-12,17H,2,4,10,13-14H2/b8-6+. The molecule has 26 heavy (non-hydrogen) atoms. The SMILES string of the molecule is O=C(/C=C/c1ccc(Cl)c(Cl)c1)N(Cc1cccnc1)CC1CCCO1. The summed E-state index contributed by atoms with van der Waals surface area (Å²) in [5, 5.41) is 0.958. The number of rotatable bonds is 6. The number of hydrogen-bond donors (Lipinski definition) is 0. The van der Waals surface area contributed by atoms with Gasteiger partial charge in [0.25, 0.3) is 0 Å². The lowest BCUT2D eigenvalue weighted by Crippen LogP contribution is -2.35. The summed E-state index contributed by atoms with van der Waals surface area (Å²) in [6.07, 6.45) is 8.92. The molecular weight excluding hydrogens is 371 g/mol. The first-order valence-electron chi connectivity index (χ1n) is 8.54. The summed E-state index contributed by atoms with van der Waals surface area (Å²) in [6.45, 7) is 1.83. The van der Waals surface area contributed by atoms with Gasteiger partial charge in [-0.05, 0) is 48.2 Å². The summed E-state index contributed by atoms with van der Waals surface area (Å²) < 4.78 is 5.70. The van der Waals surface area contributed by atoms with Crippen LogP contribution in [0.1, 0.15) is 24.0 Å². The average molecular weight is 391 g/mol. The van der Waals surface area contributed by atoms with E-state index in [2.05, 4.69) is 4.98 Å². The van der Waals surface area contributed by atoms with E-state index in [-0.39, 0.29) is 12.0 Å². The van der Waals surface area contributed by atoms with Crippen molar-refractivity contribution in [3.63, 3.8) is 0 Å². The number of aromatic nitrogens is 1. The van der Waals surface area contributed by atoms with Crippen LogP contribution >= 0.6 is 23.2 Å². The van der Waals surface area contributed by atoms with Crippen LogP contribution in [0.2, 0.25) is 10.0 Å². The number of carbonyl (C=O) groups is 1. The van der Waals surface area contributed by atoms with Crippen molar-refractivity contribution >= 4 is 35.2 Å². The molecule has 0 radical (unpaired) electrons. The Hall–Kier alpha value is -1.88. The maximum Gasteiger partial charge on any atom is 0.246 e. The second-order valence-electron chi connectivity index (χ2n) is 6.22. The number of ether oxygens (including phenoxy) is 1. The highest BCUT2D eigenvalue weighted by atomic mass is 35.5. The molecule has 1 amide bonds. The van der Waals surface area contributed by atoms with E-state index in [1.807, 2.05) is 18.2 Å². The molecule has 0 aliphatic carbocycles. The van der Waals surface area contributed by atoms with Crippen LogP contribution in [0.3, 0.4) is 0 Å². The van der Waals surface area contributed by atoms with E-state index >= 15 is 0 Å². The van der Waals surface area contributed by atoms with E-state index in [0.29, 0.717) is 23.1 Å². The molecule has 1 fully saturated rings. The average Bonchev–Trinajstić information content (AvgIpc) is 3.16. The number of hydrogen-bond acceptors (Lipinski definition) is 3. The number of carbonyl (C=O) groups excluding carboxylic acids is 1. The van der Waals surface area contributed by atoms with E-state index in [1.54, 1.807) is 41.6 Å². The van der Waals surface area contributed by atoms with Crippen LogP contribution < -0.4 is 0 Å². The largest absolute Gasteiger partial charge is 0.376 e. The van der Waals surface area contributed by atoms with Crippen molar-refractivity contribution in [3.8, 4) is 0 Å². The fraction of sp³-hybridized carbons (Fsp3) is 0.300. The second-order valence-corrected chi connectivity index (χ2v) is 7.04. The van der Waals surface area contributed by atoms with Crippen molar-refractivity contribution in [1.29, 1.82) is 0 Å². The van der Waals surface area contributed by atoms with Crippen molar-refractivity contribution in [2.45, 2.75) is 25.5 Å². The molecule has 3 rings (SSSR count). The fourth-order valence-electron chi connectivity index (χ4n) is 2.87. The van der Waals surface area contributed by atoms with Gasteiger partial charge in [0.05, 0.1) is 16.1 Å². The molecule has 6 heteroatoms. The van der Waals surface area contributed by atoms with Crippen LogP contribution in [0, 0.1) is 0 Å². The number of benzene rings is 1. The normalized spacial score (nSPS) is 16.9. The quantitative estimate of drug-likeness (QED) is 0.676. The zero-order valence-electron chi connectivity index (χ0n) is 14.3. The summed E-state index contributed by atoms with van der Waals surface area (Å²) in [5.74, 6) is -0.0737. The van der Waals surface area contributed by atoms with E-state index < -0.39 is 0 Å². The lowest BCUT2D eigenvalue weighted by Gasteiger charge is -2.24. The van der Waals surface area contributed by atoms with Gasteiger partial charge in [-0.1, -0.05) is 35.3 Å². The predicted molar refractivity (Wildman–Crippen MR) is 104 cm³/mol. The topological polar surface area (TPSA) is 42.4 Å². The Morgan fingerprint density at radius 3 is 2.88 bits per heavy atom. The minimum absolute atomic E-state index is 0.0737. The Balaban J connectivity index is 1.72. The van der Waals surface area contributed by atoms with Crippen LogP contribution in [0.4, 0.5) is 0 Å². The molecule has 1 aromatic carbocycles. The number of amides is 1. The predicted octanol–water partition coefficient (Wildman–Crippen LogP) is 4.61. The molecule has 4 nitrogen and oxygen atoms in total. The highest BCUT2D eigenvalue weighted by molar-refractivity contribution is 6.42. The maximum absolute atomic E-state index is 12.8. The summed E-state index contributed by atoms with van der Waals surface area (Å²) >= 11 is 12.0. The van der Waals surface area contributed by atoms with Gasteiger partial charge in [-0.25, -0.2) is 0 Å². The highest BCUT2D eigenvalue weighted by Gasteiger charge is 2.21. The molecule has 1 aliphatic rings. The minimum atomic E-state index is -0.0737. The van der Waals surface area contributed by atoms with Crippen molar-refractivity contribution in [2.24, 2.45) is 0 Å². The van der Waals surface area contributed by atoms with Crippen LogP contribution in [0.5, 0.6) is 0 Å². The summed E-state index contributed by atoms with van der Waals surface area (Å²) in [6, 6.07) is 9.11. The summed E-state index contributed by atoms with van der Waals surface area (Å²) in [4.78, 5) is 18.7. The Labute approximate surface area is 163 Å². The van der Waals surface area contributed by atoms with Gasteiger partial charge in [-0.2, -0.15) is 0 Å². The Morgan fingerprint density at radius 2 is 2.19 bits per heavy atom. The van der Waals surface area contributed by atoms with Crippen LogP contribution in [0.15, 0.2) is 48.8 Å². The molecule has 1 aliphatic heterocycles. The monoisotopic (exact) mass is 390 g/mol. The molecule has 1 aromatic heterocycles. The number of pyridine rings is 1. The van der Waals surface area contributed by atoms with Gasteiger partial charge in [0.1, 0.15) is 0 Å². The van der Waals surface area contributed by atoms with Gasteiger partial charge in [-0.15, -0.1) is 0 Å². The molecule has 0 bridgehead atoms. The Morgan fingerprint density at radius 1 is 1.31 bits per heavy atom. The molecule has 0 saturated carbocycles. The zero-order chi connectivity index (χ0) is 18.4. The van der Waals surface area contributed by atoms with Gasteiger partial charge < -0.3 is 9.64 Å². The first kappa shape index (κ1) is 18.9. The van der Waals surface area contributed by atoms with E-state index in [9.17, 15) is 4.79 Å². The Kier molecular flexibility index (Phi) is 6.67. The van der Waals surface area contributed by atoms with E-state index in [4.69, 9.17) is 27.9 Å². The molecule has 136 valence electrons. The summed E-state index contributed by atoms with van der Waals surface area (Å²) in [7, 11) is 0. The summed E-state index contributed by atoms with van der Waals surface area (Å²) in [5.41, 5.74) is 1.81. The highest BCUT2D eigenvalue weighted by Crippen LogP contribution is 2.23. The van der Waals surface area contributed by atoms with Gasteiger partial charge in [0.2, 0.25) is 5.91 Å². The van der Waals surface area contributed by atoms with Crippen molar-refractivity contribution in [1.82, 2.24) is 9.88 Å². The third-order valence-electron chi connectivity index (χ3n) is 4.22. The van der Waals surface area contributed by atoms with Crippen LogP contribution in [0.25, 0.3) is 6.08 Å². The second kappa shape index (κ2) is 9.17. The van der Waals surface area contributed by atoms with Crippen molar-refractivity contribution in [3.05, 3.63) is 70.0 Å². The fourth-order valence-corrected chi connectivity index (χ4v) is 3.17. The first-order valence-corrected chi connectivity index (χ1v) is 9.30. The molecular formula is C20H20Cl2N2O2. The smallest absolute Gasteiger partial charge is 0.246 e. The molecule has 1 saturated heterocycles. The van der Waals surface area contributed by atoms with Gasteiger partial charge in [0.15, 0.2) is 0 Å². The lowest BCUT2D eigenvalue weighted by molar-refractivity contribution is -0.128. The maximum atomic E-state index is 12.8. The molecule has 0 spiro atoms.